The minimum absolute atomic E-state index is 0.0822. The van der Waals surface area contributed by atoms with Gasteiger partial charge in [-0.1, -0.05) is 22.0 Å². The van der Waals surface area contributed by atoms with E-state index < -0.39 is 0 Å². The first-order chi connectivity index (χ1) is 8.26. The van der Waals surface area contributed by atoms with Crippen molar-refractivity contribution in [2.45, 2.75) is 25.5 Å². The fourth-order valence-electron chi connectivity index (χ4n) is 2.01. The van der Waals surface area contributed by atoms with Crippen LogP contribution in [-0.2, 0) is 11.3 Å². The Bertz CT molecular complexity index is 380. The number of hydrogen-bond donors (Lipinski definition) is 1. The molecular formula is C13H18BrNO2. The number of nitrogens with zero attached hydrogens (tertiary/aromatic N) is 1. The molecule has 1 aliphatic carbocycles. The molecule has 94 valence electrons. The normalized spacial score (nSPS) is 15.0. The van der Waals surface area contributed by atoms with Gasteiger partial charge in [-0.05, 0) is 25.0 Å². The van der Waals surface area contributed by atoms with Crippen molar-refractivity contribution in [3.8, 4) is 0 Å². The van der Waals surface area contributed by atoms with E-state index >= 15 is 0 Å². The average molecular weight is 300 g/mol. The van der Waals surface area contributed by atoms with Crippen molar-refractivity contribution in [2.75, 3.05) is 25.2 Å². The van der Waals surface area contributed by atoms with Crippen LogP contribution in [0.2, 0.25) is 0 Å². The van der Waals surface area contributed by atoms with Gasteiger partial charge >= 0.3 is 0 Å². The zero-order valence-electron chi connectivity index (χ0n) is 10.0. The average Bonchev–Trinajstić information content (AvgIpc) is 3.14. The molecule has 0 saturated heterocycles. The van der Waals surface area contributed by atoms with Crippen molar-refractivity contribution in [3.63, 3.8) is 0 Å². The van der Waals surface area contributed by atoms with Gasteiger partial charge < -0.3 is 14.7 Å². The van der Waals surface area contributed by atoms with Gasteiger partial charge in [0.1, 0.15) is 0 Å². The van der Waals surface area contributed by atoms with E-state index in [9.17, 15) is 5.11 Å². The Balaban J connectivity index is 2.23. The Morgan fingerprint density at radius 3 is 2.82 bits per heavy atom. The summed E-state index contributed by atoms with van der Waals surface area (Å²) in [6.45, 7) is 1.68. The number of halogens is 1. The lowest BCUT2D eigenvalue weighted by atomic mass is 10.1. The number of ether oxygens (including phenoxy) is 1. The van der Waals surface area contributed by atoms with Crippen LogP contribution in [0.4, 0.5) is 5.69 Å². The molecule has 1 N–H and O–H groups in total. The van der Waals surface area contributed by atoms with Crippen molar-refractivity contribution in [3.05, 3.63) is 28.2 Å². The van der Waals surface area contributed by atoms with E-state index in [1.807, 2.05) is 12.1 Å². The molecule has 4 heteroatoms. The topological polar surface area (TPSA) is 32.7 Å². The van der Waals surface area contributed by atoms with Crippen LogP contribution >= 0.6 is 15.9 Å². The highest BCUT2D eigenvalue weighted by atomic mass is 79.9. The molecule has 1 aromatic rings. The summed E-state index contributed by atoms with van der Waals surface area (Å²) in [6.07, 6.45) is 2.47. The van der Waals surface area contributed by atoms with Gasteiger partial charge in [-0.25, -0.2) is 0 Å². The third kappa shape index (κ3) is 3.21. The molecule has 0 atom stereocenters. The highest BCUT2D eigenvalue weighted by molar-refractivity contribution is 9.10. The highest BCUT2D eigenvalue weighted by Crippen LogP contribution is 2.34. The lowest BCUT2D eigenvalue weighted by Gasteiger charge is -2.26. The van der Waals surface area contributed by atoms with E-state index in [2.05, 4.69) is 26.9 Å². The van der Waals surface area contributed by atoms with E-state index in [1.54, 1.807) is 7.11 Å². The van der Waals surface area contributed by atoms with Crippen LogP contribution in [0.5, 0.6) is 0 Å². The highest BCUT2D eigenvalue weighted by Gasteiger charge is 2.30. The zero-order valence-corrected chi connectivity index (χ0v) is 11.6. The molecule has 1 saturated carbocycles. The maximum atomic E-state index is 9.41. The Labute approximate surface area is 111 Å². The molecule has 1 fully saturated rings. The first kappa shape index (κ1) is 12.9. The predicted molar refractivity (Wildman–Crippen MR) is 72.3 cm³/mol. The molecule has 2 rings (SSSR count). The van der Waals surface area contributed by atoms with Crippen molar-refractivity contribution in [1.29, 1.82) is 0 Å². The van der Waals surface area contributed by atoms with Crippen LogP contribution in [0.3, 0.4) is 0 Å². The van der Waals surface area contributed by atoms with Crippen LogP contribution in [-0.4, -0.2) is 31.4 Å². The number of aliphatic hydroxyl groups excluding tert-OH is 1. The standard InChI is InChI=1S/C13H18BrNO2/c1-17-7-6-15(12-4-5-12)13-8-11(14)3-2-10(13)9-16/h2-3,8,12,16H,4-7,9H2,1H3. The van der Waals surface area contributed by atoms with Crippen LogP contribution in [0.25, 0.3) is 0 Å². The summed E-state index contributed by atoms with van der Waals surface area (Å²) in [7, 11) is 1.72. The summed E-state index contributed by atoms with van der Waals surface area (Å²) in [5, 5.41) is 9.41. The van der Waals surface area contributed by atoms with E-state index in [0.717, 1.165) is 22.3 Å². The van der Waals surface area contributed by atoms with E-state index in [-0.39, 0.29) is 6.61 Å². The molecule has 1 aromatic carbocycles. The summed E-state index contributed by atoms with van der Waals surface area (Å²) < 4.78 is 6.21. The largest absolute Gasteiger partial charge is 0.392 e. The van der Waals surface area contributed by atoms with Crippen molar-refractivity contribution in [2.24, 2.45) is 0 Å². The van der Waals surface area contributed by atoms with Gasteiger partial charge in [0.2, 0.25) is 0 Å². The van der Waals surface area contributed by atoms with Crippen molar-refractivity contribution in [1.82, 2.24) is 0 Å². The second kappa shape index (κ2) is 5.85. The first-order valence-electron chi connectivity index (χ1n) is 5.91. The Morgan fingerprint density at radius 1 is 1.47 bits per heavy atom. The lowest BCUT2D eigenvalue weighted by Crippen LogP contribution is -2.30. The Morgan fingerprint density at radius 2 is 2.24 bits per heavy atom. The van der Waals surface area contributed by atoms with E-state index in [0.29, 0.717) is 12.6 Å². The fraction of sp³-hybridized carbons (Fsp3) is 0.538. The number of aliphatic hydroxyl groups is 1. The number of rotatable bonds is 6. The van der Waals surface area contributed by atoms with Gasteiger partial charge in [0.15, 0.2) is 0 Å². The molecule has 0 radical (unpaired) electrons. The first-order valence-corrected chi connectivity index (χ1v) is 6.70. The summed E-state index contributed by atoms with van der Waals surface area (Å²) in [4.78, 5) is 2.35. The minimum Gasteiger partial charge on any atom is -0.392 e. The van der Waals surface area contributed by atoms with Crippen LogP contribution in [0, 0.1) is 0 Å². The predicted octanol–water partition coefficient (Wildman–Crippen LogP) is 2.56. The molecule has 1 aliphatic rings. The van der Waals surface area contributed by atoms with Gasteiger partial charge in [-0.15, -0.1) is 0 Å². The Hall–Kier alpha value is -0.580. The number of anilines is 1. The van der Waals surface area contributed by atoms with Crippen LogP contribution in [0.15, 0.2) is 22.7 Å². The maximum absolute atomic E-state index is 9.41. The molecule has 0 amide bonds. The molecule has 17 heavy (non-hydrogen) atoms. The van der Waals surface area contributed by atoms with E-state index in [4.69, 9.17) is 4.74 Å². The van der Waals surface area contributed by atoms with Gasteiger partial charge in [-0.3, -0.25) is 0 Å². The molecular weight excluding hydrogens is 282 g/mol. The molecule has 0 aromatic heterocycles. The third-order valence-corrected chi connectivity index (χ3v) is 3.54. The minimum atomic E-state index is 0.0822. The molecule has 0 aliphatic heterocycles. The number of hydrogen-bond acceptors (Lipinski definition) is 3. The second-order valence-electron chi connectivity index (χ2n) is 4.35. The lowest BCUT2D eigenvalue weighted by molar-refractivity contribution is 0.204. The quantitative estimate of drug-likeness (QED) is 0.876. The smallest absolute Gasteiger partial charge is 0.0702 e. The molecule has 0 spiro atoms. The molecule has 0 heterocycles. The summed E-state index contributed by atoms with van der Waals surface area (Å²) in [5.74, 6) is 0. The van der Waals surface area contributed by atoms with Gasteiger partial charge in [-0.2, -0.15) is 0 Å². The van der Waals surface area contributed by atoms with Crippen molar-refractivity contribution < 1.29 is 9.84 Å². The third-order valence-electron chi connectivity index (χ3n) is 3.05. The second-order valence-corrected chi connectivity index (χ2v) is 5.26. The summed E-state index contributed by atoms with van der Waals surface area (Å²) >= 11 is 3.49. The monoisotopic (exact) mass is 299 g/mol. The van der Waals surface area contributed by atoms with Gasteiger partial charge in [0.25, 0.3) is 0 Å². The SMILES string of the molecule is COCCN(c1cc(Br)ccc1CO)C1CC1. The zero-order chi connectivity index (χ0) is 12.3. The Kier molecular flexibility index (Phi) is 4.42. The number of methoxy groups -OCH3 is 1. The number of benzene rings is 1. The molecule has 3 nitrogen and oxygen atoms in total. The summed E-state index contributed by atoms with van der Waals surface area (Å²) in [6, 6.07) is 6.64. The fourth-order valence-corrected chi connectivity index (χ4v) is 2.36. The summed E-state index contributed by atoms with van der Waals surface area (Å²) in [5.41, 5.74) is 2.11. The van der Waals surface area contributed by atoms with E-state index in [1.165, 1.54) is 12.8 Å². The van der Waals surface area contributed by atoms with Gasteiger partial charge in [0.05, 0.1) is 13.2 Å². The van der Waals surface area contributed by atoms with Gasteiger partial charge in [0, 0.05) is 35.4 Å². The molecule has 0 bridgehead atoms. The molecule has 0 unspecified atom stereocenters. The van der Waals surface area contributed by atoms with Crippen LogP contribution < -0.4 is 4.90 Å². The van der Waals surface area contributed by atoms with Crippen molar-refractivity contribution >= 4 is 21.6 Å². The van der Waals surface area contributed by atoms with Crippen LogP contribution in [0.1, 0.15) is 18.4 Å². The maximum Gasteiger partial charge on any atom is 0.0702 e.